The number of amidine groups is 1. The molecule has 1 N–H and O–H groups in total. The minimum Gasteiger partial charge on any atom is -0.504 e. The van der Waals surface area contributed by atoms with Crippen LogP contribution in [0.5, 0.6) is 11.5 Å². The fourth-order valence-electron chi connectivity index (χ4n) is 2.34. The minimum atomic E-state index is -0.155. The Morgan fingerprint density at radius 2 is 1.92 bits per heavy atom. The second-order valence-corrected chi connectivity index (χ2v) is 6.61. The third-order valence-electron chi connectivity index (χ3n) is 3.80. The van der Waals surface area contributed by atoms with Crippen LogP contribution < -0.4 is 4.74 Å². The SMILES string of the molecule is COc1cccc(/C=C2/SC(=Nc3ccc(C)cc3)N(C)C2=O)c1O. The zero-order valence-corrected chi connectivity index (χ0v) is 15.0. The highest BCUT2D eigenvalue weighted by atomic mass is 32.2. The molecule has 3 rings (SSSR count). The summed E-state index contributed by atoms with van der Waals surface area (Å²) in [5, 5.41) is 10.8. The lowest BCUT2D eigenvalue weighted by Gasteiger charge is -2.07. The van der Waals surface area contributed by atoms with Gasteiger partial charge in [0.05, 0.1) is 17.7 Å². The molecule has 0 aromatic heterocycles. The molecule has 1 amide bonds. The van der Waals surface area contributed by atoms with E-state index in [0.29, 0.717) is 21.4 Å². The number of methoxy groups -OCH3 is 1. The number of amides is 1. The molecule has 0 atom stereocenters. The van der Waals surface area contributed by atoms with Gasteiger partial charge in [-0.25, -0.2) is 4.99 Å². The minimum absolute atomic E-state index is 0.0116. The number of carbonyl (C=O) groups is 1. The van der Waals surface area contributed by atoms with Gasteiger partial charge in [-0.2, -0.15) is 0 Å². The van der Waals surface area contributed by atoms with Crippen LogP contribution in [0.15, 0.2) is 52.4 Å². The van der Waals surface area contributed by atoms with Crippen molar-refractivity contribution < 1.29 is 14.6 Å². The molecule has 128 valence electrons. The van der Waals surface area contributed by atoms with Crippen molar-refractivity contribution in [3.8, 4) is 11.5 Å². The van der Waals surface area contributed by atoms with Crippen molar-refractivity contribution in [2.45, 2.75) is 6.92 Å². The molecule has 1 saturated heterocycles. The van der Waals surface area contributed by atoms with Gasteiger partial charge in [-0.05, 0) is 43.0 Å². The molecule has 0 bridgehead atoms. The number of ether oxygens (including phenoxy) is 1. The maximum atomic E-state index is 12.5. The summed E-state index contributed by atoms with van der Waals surface area (Å²) in [4.78, 5) is 19.0. The van der Waals surface area contributed by atoms with E-state index in [9.17, 15) is 9.90 Å². The maximum Gasteiger partial charge on any atom is 0.266 e. The number of carbonyl (C=O) groups excluding carboxylic acids is 1. The first-order valence-electron chi connectivity index (χ1n) is 7.68. The van der Waals surface area contributed by atoms with Crippen molar-refractivity contribution in [1.29, 1.82) is 0 Å². The molecule has 0 unspecified atom stereocenters. The fraction of sp³-hybridized carbons (Fsp3) is 0.158. The number of nitrogens with zero attached hydrogens (tertiary/aromatic N) is 2. The number of para-hydroxylation sites is 1. The van der Waals surface area contributed by atoms with Crippen LogP contribution in [-0.4, -0.2) is 35.2 Å². The molecule has 0 radical (unpaired) electrons. The van der Waals surface area contributed by atoms with Crippen molar-refractivity contribution in [2.24, 2.45) is 4.99 Å². The van der Waals surface area contributed by atoms with Crippen molar-refractivity contribution in [3.05, 3.63) is 58.5 Å². The third-order valence-corrected chi connectivity index (χ3v) is 4.86. The van der Waals surface area contributed by atoms with Gasteiger partial charge < -0.3 is 9.84 Å². The molecular weight excluding hydrogens is 336 g/mol. The van der Waals surface area contributed by atoms with Crippen LogP contribution in [0.2, 0.25) is 0 Å². The average molecular weight is 354 g/mol. The zero-order chi connectivity index (χ0) is 18.0. The summed E-state index contributed by atoms with van der Waals surface area (Å²) in [5.41, 5.74) is 2.47. The molecule has 2 aromatic rings. The number of thioether (sulfide) groups is 1. The molecule has 1 heterocycles. The van der Waals surface area contributed by atoms with E-state index in [4.69, 9.17) is 4.74 Å². The summed E-state index contributed by atoms with van der Waals surface area (Å²) in [6, 6.07) is 12.9. The fourth-order valence-corrected chi connectivity index (χ4v) is 3.32. The van der Waals surface area contributed by atoms with E-state index in [1.54, 1.807) is 31.3 Å². The van der Waals surface area contributed by atoms with Gasteiger partial charge >= 0.3 is 0 Å². The number of aromatic hydroxyl groups is 1. The van der Waals surface area contributed by atoms with Gasteiger partial charge in [0.1, 0.15) is 0 Å². The summed E-state index contributed by atoms with van der Waals surface area (Å²) in [7, 11) is 3.18. The lowest BCUT2D eigenvalue weighted by atomic mass is 10.1. The number of rotatable bonds is 3. The Morgan fingerprint density at radius 1 is 1.20 bits per heavy atom. The monoisotopic (exact) mass is 354 g/mol. The van der Waals surface area contributed by atoms with Crippen molar-refractivity contribution >= 4 is 34.6 Å². The summed E-state index contributed by atoms with van der Waals surface area (Å²) in [6.45, 7) is 2.01. The molecule has 0 aliphatic carbocycles. The zero-order valence-electron chi connectivity index (χ0n) is 14.2. The maximum absolute atomic E-state index is 12.5. The number of aryl methyl sites for hydroxylation is 1. The molecule has 1 aliphatic rings. The van der Waals surface area contributed by atoms with E-state index >= 15 is 0 Å². The van der Waals surface area contributed by atoms with Gasteiger partial charge in [-0.3, -0.25) is 9.69 Å². The van der Waals surface area contributed by atoms with Gasteiger partial charge in [0.2, 0.25) is 0 Å². The summed E-state index contributed by atoms with van der Waals surface area (Å²) in [6.07, 6.45) is 1.65. The van der Waals surface area contributed by atoms with E-state index in [2.05, 4.69) is 4.99 Å². The van der Waals surface area contributed by atoms with Crippen molar-refractivity contribution in [3.63, 3.8) is 0 Å². The topological polar surface area (TPSA) is 62.1 Å². The van der Waals surface area contributed by atoms with Crippen LogP contribution in [0.25, 0.3) is 6.08 Å². The van der Waals surface area contributed by atoms with E-state index in [1.165, 1.54) is 23.8 Å². The van der Waals surface area contributed by atoms with Crippen LogP contribution in [-0.2, 0) is 4.79 Å². The molecular formula is C19H18N2O3S. The lowest BCUT2D eigenvalue weighted by molar-refractivity contribution is -0.121. The van der Waals surface area contributed by atoms with E-state index in [1.807, 2.05) is 31.2 Å². The quantitative estimate of drug-likeness (QED) is 0.848. The van der Waals surface area contributed by atoms with E-state index < -0.39 is 0 Å². The van der Waals surface area contributed by atoms with Crippen LogP contribution in [0.1, 0.15) is 11.1 Å². The van der Waals surface area contributed by atoms with Gasteiger partial charge in [0.15, 0.2) is 16.7 Å². The number of aliphatic imine (C=N–C) groups is 1. The van der Waals surface area contributed by atoms with Crippen molar-refractivity contribution in [1.82, 2.24) is 4.90 Å². The first kappa shape index (κ1) is 17.1. The van der Waals surface area contributed by atoms with Crippen molar-refractivity contribution in [2.75, 3.05) is 14.2 Å². The molecule has 6 heteroatoms. The average Bonchev–Trinajstić information content (AvgIpc) is 2.87. The highest BCUT2D eigenvalue weighted by Gasteiger charge is 2.30. The Morgan fingerprint density at radius 3 is 2.60 bits per heavy atom. The number of hydrogen-bond acceptors (Lipinski definition) is 5. The first-order valence-corrected chi connectivity index (χ1v) is 8.50. The Bertz CT molecular complexity index is 873. The van der Waals surface area contributed by atoms with Crippen LogP contribution >= 0.6 is 11.8 Å². The standard InChI is InChI=1S/C19H18N2O3S/c1-12-7-9-14(10-8-12)20-19-21(2)18(23)16(25-19)11-13-5-4-6-15(24-3)17(13)22/h4-11,22H,1-3H3/b16-11+,20-19?. The lowest BCUT2D eigenvalue weighted by Crippen LogP contribution is -2.23. The number of likely N-dealkylation sites (N-methyl/N-ethyl adjacent to an activating group) is 1. The highest BCUT2D eigenvalue weighted by molar-refractivity contribution is 8.18. The molecule has 2 aromatic carbocycles. The third kappa shape index (κ3) is 3.53. The van der Waals surface area contributed by atoms with Crippen LogP contribution in [0.3, 0.4) is 0 Å². The second kappa shape index (κ2) is 7.03. The molecule has 1 aliphatic heterocycles. The van der Waals surface area contributed by atoms with Gasteiger partial charge in [0, 0.05) is 12.6 Å². The highest BCUT2D eigenvalue weighted by Crippen LogP contribution is 2.36. The van der Waals surface area contributed by atoms with Gasteiger partial charge in [0.25, 0.3) is 5.91 Å². The summed E-state index contributed by atoms with van der Waals surface area (Å²) in [5.74, 6) is 0.224. The van der Waals surface area contributed by atoms with E-state index in [-0.39, 0.29) is 11.7 Å². The number of benzene rings is 2. The van der Waals surface area contributed by atoms with Gasteiger partial charge in [-0.15, -0.1) is 0 Å². The van der Waals surface area contributed by atoms with Gasteiger partial charge in [-0.1, -0.05) is 29.8 Å². The second-order valence-electron chi connectivity index (χ2n) is 5.60. The predicted molar refractivity (Wildman–Crippen MR) is 101 cm³/mol. The number of phenols is 1. The van der Waals surface area contributed by atoms with E-state index in [0.717, 1.165) is 11.3 Å². The number of hydrogen-bond donors (Lipinski definition) is 1. The number of phenolic OH excluding ortho intramolecular Hbond substituents is 1. The largest absolute Gasteiger partial charge is 0.504 e. The Hall–Kier alpha value is -2.73. The summed E-state index contributed by atoms with van der Waals surface area (Å²) >= 11 is 1.28. The molecule has 25 heavy (non-hydrogen) atoms. The Labute approximate surface area is 150 Å². The molecule has 5 nitrogen and oxygen atoms in total. The smallest absolute Gasteiger partial charge is 0.266 e. The molecule has 0 saturated carbocycles. The Kier molecular flexibility index (Phi) is 4.81. The Balaban J connectivity index is 1.92. The molecule has 1 fully saturated rings. The normalized spacial score (nSPS) is 17.6. The first-order chi connectivity index (χ1) is 12.0. The van der Waals surface area contributed by atoms with Crippen LogP contribution in [0, 0.1) is 6.92 Å². The predicted octanol–water partition coefficient (Wildman–Crippen LogP) is 3.94. The summed E-state index contributed by atoms with van der Waals surface area (Å²) < 4.78 is 5.10. The molecule has 0 spiro atoms. The van der Waals surface area contributed by atoms with Crippen LogP contribution in [0.4, 0.5) is 5.69 Å².